The van der Waals surface area contributed by atoms with Crippen LogP contribution in [0, 0.1) is 6.07 Å². The number of benzene rings is 1. The smallest absolute Gasteiger partial charge is 0.162 e. The monoisotopic (exact) mass is 206 g/mol. The molecule has 1 aromatic rings. The zero-order valence-corrected chi connectivity index (χ0v) is 8.95. The molecular weight excluding hydrogens is 190 g/mol. The summed E-state index contributed by atoms with van der Waals surface area (Å²) < 4.78 is 11.3. The molecule has 2 rings (SSSR count). The normalized spacial score (nSPS) is 18.9. The Morgan fingerprint density at radius 2 is 2.47 bits per heavy atom. The molecule has 15 heavy (non-hydrogen) atoms. The summed E-state index contributed by atoms with van der Waals surface area (Å²) in [4.78, 5) is 0. The molecule has 1 radical (unpaired) electrons. The van der Waals surface area contributed by atoms with Crippen LogP contribution in [-0.2, 0) is 0 Å². The number of rotatable bonds is 4. The molecular formula is C12H16NO2. The van der Waals surface area contributed by atoms with Gasteiger partial charge in [-0.05, 0) is 31.2 Å². The van der Waals surface area contributed by atoms with Gasteiger partial charge >= 0.3 is 0 Å². The van der Waals surface area contributed by atoms with Crippen molar-refractivity contribution in [3.05, 3.63) is 24.3 Å². The Labute approximate surface area is 90.4 Å². The van der Waals surface area contributed by atoms with E-state index in [0.717, 1.165) is 31.0 Å². The van der Waals surface area contributed by atoms with Crippen LogP contribution >= 0.6 is 0 Å². The molecule has 3 heteroatoms. The number of ether oxygens (including phenoxy) is 2. The first-order valence-electron chi connectivity index (χ1n) is 5.40. The van der Waals surface area contributed by atoms with Gasteiger partial charge in [0.15, 0.2) is 11.5 Å². The zero-order chi connectivity index (χ0) is 10.5. The van der Waals surface area contributed by atoms with Gasteiger partial charge in [0.05, 0.1) is 0 Å². The minimum absolute atomic E-state index is 0.111. The maximum absolute atomic E-state index is 5.76. The van der Waals surface area contributed by atoms with Crippen molar-refractivity contribution in [3.8, 4) is 11.5 Å². The molecule has 1 aromatic carbocycles. The van der Waals surface area contributed by atoms with Gasteiger partial charge in [0.25, 0.3) is 0 Å². The van der Waals surface area contributed by atoms with Crippen molar-refractivity contribution >= 4 is 0 Å². The van der Waals surface area contributed by atoms with Crippen molar-refractivity contribution in [1.29, 1.82) is 0 Å². The zero-order valence-electron chi connectivity index (χ0n) is 8.95. The van der Waals surface area contributed by atoms with Crippen LogP contribution < -0.4 is 14.8 Å². The predicted octanol–water partition coefficient (Wildman–Crippen LogP) is 1.63. The molecule has 3 nitrogen and oxygen atoms in total. The van der Waals surface area contributed by atoms with Crippen LogP contribution in [0.15, 0.2) is 18.2 Å². The van der Waals surface area contributed by atoms with Crippen LogP contribution in [-0.4, -0.2) is 25.8 Å². The Morgan fingerprint density at radius 3 is 3.33 bits per heavy atom. The summed E-state index contributed by atoms with van der Waals surface area (Å²) in [5, 5.41) is 3.32. The lowest BCUT2D eigenvalue weighted by atomic mass is 10.2. The molecule has 1 atom stereocenters. The fourth-order valence-corrected chi connectivity index (χ4v) is 1.55. The van der Waals surface area contributed by atoms with Gasteiger partial charge in [0.1, 0.15) is 12.7 Å². The van der Waals surface area contributed by atoms with Crippen molar-refractivity contribution in [3.63, 3.8) is 0 Å². The van der Waals surface area contributed by atoms with E-state index >= 15 is 0 Å². The van der Waals surface area contributed by atoms with E-state index in [1.165, 1.54) is 0 Å². The van der Waals surface area contributed by atoms with Crippen LogP contribution in [0.25, 0.3) is 0 Å². The number of hydrogen-bond acceptors (Lipinski definition) is 3. The summed E-state index contributed by atoms with van der Waals surface area (Å²) in [5.74, 6) is 1.62. The minimum atomic E-state index is 0.111. The molecule has 0 aromatic heterocycles. The van der Waals surface area contributed by atoms with Gasteiger partial charge in [-0.15, -0.1) is 0 Å². The summed E-state index contributed by atoms with van der Waals surface area (Å²) in [5.41, 5.74) is 0. The molecule has 1 heterocycles. The van der Waals surface area contributed by atoms with E-state index in [4.69, 9.17) is 9.47 Å². The van der Waals surface area contributed by atoms with Crippen molar-refractivity contribution in [1.82, 2.24) is 5.32 Å². The molecule has 1 unspecified atom stereocenters. The Bertz CT molecular complexity index is 314. The van der Waals surface area contributed by atoms with Gasteiger partial charge in [0, 0.05) is 6.54 Å². The highest BCUT2D eigenvalue weighted by Crippen LogP contribution is 2.30. The average Bonchev–Trinajstić information content (AvgIpc) is 2.29. The van der Waals surface area contributed by atoms with E-state index in [-0.39, 0.29) is 6.10 Å². The molecule has 0 saturated carbocycles. The van der Waals surface area contributed by atoms with Gasteiger partial charge < -0.3 is 14.8 Å². The summed E-state index contributed by atoms with van der Waals surface area (Å²) in [6, 6.07) is 8.51. The number of nitrogens with one attached hydrogen (secondary N) is 1. The van der Waals surface area contributed by atoms with Crippen molar-refractivity contribution < 1.29 is 9.47 Å². The minimum Gasteiger partial charge on any atom is -0.486 e. The lowest BCUT2D eigenvalue weighted by molar-refractivity contribution is 0.0905. The lowest BCUT2D eigenvalue weighted by Crippen LogP contribution is -2.38. The number of fused-ring (bicyclic) bond motifs is 1. The SMILES string of the molecule is CCCNCC1COc2cc[c]cc2O1. The molecule has 0 aliphatic carbocycles. The van der Waals surface area contributed by atoms with Gasteiger partial charge in [-0.2, -0.15) is 0 Å². The predicted molar refractivity (Wildman–Crippen MR) is 58.3 cm³/mol. The van der Waals surface area contributed by atoms with Gasteiger partial charge in [0.2, 0.25) is 0 Å². The fraction of sp³-hybridized carbons (Fsp3) is 0.500. The third-order valence-corrected chi connectivity index (χ3v) is 2.31. The topological polar surface area (TPSA) is 30.5 Å². The molecule has 1 aliphatic heterocycles. The molecule has 1 aliphatic rings. The quantitative estimate of drug-likeness (QED) is 0.759. The Hall–Kier alpha value is -1.22. The van der Waals surface area contributed by atoms with Gasteiger partial charge in [-0.25, -0.2) is 0 Å². The molecule has 0 amide bonds. The first kappa shape index (κ1) is 10.3. The molecule has 1 N–H and O–H groups in total. The Balaban J connectivity index is 1.88. The summed E-state index contributed by atoms with van der Waals surface area (Å²) >= 11 is 0. The highest BCUT2D eigenvalue weighted by Gasteiger charge is 2.19. The third-order valence-electron chi connectivity index (χ3n) is 2.31. The molecule has 0 saturated heterocycles. The second kappa shape index (κ2) is 5.03. The summed E-state index contributed by atoms with van der Waals surface area (Å²) in [7, 11) is 0. The maximum Gasteiger partial charge on any atom is 0.162 e. The third kappa shape index (κ3) is 2.63. The first-order valence-corrected chi connectivity index (χ1v) is 5.40. The highest BCUT2D eigenvalue weighted by molar-refractivity contribution is 5.40. The van der Waals surface area contributed by atoms with E-state index in [2.05, 4.69) is 18.3 Å². The largest absolute Gasteiger partial charge is 0.486 e. The van der Waals surface area contributed by atoms with Crippen molar-refractivity contribution in [2.45, 2.75) is 19.4 Å². The summed E-state index contributed by atoms with van der Waals surface area (Å²) in [6.07, 6.45) is 1.25. The highest BCUT2D eigenvalue weighted by atomic mass is 16.6. The Kier molecular flexibility index (Phi) is 3.45. The maximum atomic E-state index is 5.76. The van der Waals surface area contributed by atoms with E-state index < -0.39 is 0 Å². The number of hydrogen-bond donors (Lipinski definition) is 1. The van der Waals surface area contributed by atoms with E-state index in [0.29, 0.717) is 6.61 Å². The lowest BCUT2D eigenvalue weighted by Gasteiger charge is -2.26. The van der Waals surface area contributed by atoms with Crippen LogP contribution in [0.2, 0.25) is 0 Å². The van der Waals surface area contributed by atoms with E-state index in [1.807, 2.05) is 18.2 Å². The second-order valence-electron chi connectivity index (χ2n) is 3.63. The van der Waals surface area contributed by atoms with Crippen LogP contribution in [0.4, 0.5) is 0 Å². The first-order chi connectivity index (χ1) is 7.40. The fourth-order valence-electron chi connectivity index (χ4n) is 1.55. The van der Waals surface area contributed by atoms with E-state index in [1.54, 1.807) is 0 Å². The Morgan fingerprint density at radius 1 is 1.53 bits per heavy atom. The standard InChI is InChI=1S/C12H16NO2/c1-2-7-13-8-10-9-14-11-5-3-4-6-12(11)15-10/h3,5-6,10,13H,2,7-9H2,1H3. The second-order valence-corrected chi connectivity index (χ2v) is 3.63. The van der Waals surface area contributed by atoms with Gasteiger partial charge in [-0.1, -0.05) is 13.0 Å². The average molecular weight is 206 g/mol. The van der Waals surface area contributed by atoms with Gasteiger partial charge in [-0.3, -0.25) is 0 Å². The molecule has 0 spiro atoms. The molecule has 81 valence electrons. The van der Waals surface area contributed by atoms with Crippen molar-refractivity contribution in [2.75, 3.05) is 19.7 Å². The molecule has 0 bridgehead atoms. The van der Waals surface area contributed by atoms with Crippen molar-refractivity contribution in [2.24, 2.45) is 0 Å². The van der Waals surface area contributed by atoms with Crippen LogP contribution in [0.3, 0.4) is 0 Å². The van der Waals surface area contributed by atoms with Crippen LogP contribution in [0.1, 0.15) is 13.3 Å². The summed E-state index contributed by atoms with van der Waals surface area (Å²) in [6.45, 7) is 4.62. The molecule has 0 fully saturated rings. The van der Waals surface area contributed by atoms with Crippen LogP contribution in [0.5, 0.6) is 11.5 Å². The van der Waals surface area contributed by atoms with E-state index in [9.17, 15) is 0 Å².